The van der Waals surface area contributed by atoms with E-state index in [2.05, 4.69) is 24.1 Å². The molecule has 0 spiro atoms. The van der Waals surface area contributed by atoms with E-state index in [9.17, 15) is 8.42 Å². The van der Waals surface area contributed by atoms with Gasteiger partial charge in [-0.15, -0.1) is 0 Å². The van der Waals surface area contributed by atoms with E-state index < -0.39 is 9.84 Å². The molecule has 0 atom stereocenters. The summed E-state index contributed by atoms with van der Waals surface area (Å²) in [4.78, 5) is 6.12. The molecule has 0 aromatic carbocycles. The molecule has 6 heteroatoms. The topological polar surface area (TPSA) is 62.3 Å². The van der Waals surface area contributed by atoms with Crippen molar-refractivity contribution in [3.05, 3.63) is 24.0 Å². The highest BCUT2D eigenvalue weighted by Gasteiger charge is 2.10. The largest absolute Gasteiger partial charge is 0.373 e. The molecule has 0 unspecified atom stereocenters. The Bertz CT molecular complexity index is 515. The molecule has 1 rings (SSSR count). The van der Waals surface area contributed by atoms with Crippen LogP contribution in [0.4, 0.5) is 5.69 Å². The minimum Gasteiger partial charge on any atom is -0.373 e. The maximum absolute atomic E-state index is 11.2. The molecule has 0 amide bonds. The fourth-order valence-electron chi connectivity index (χ4n) is 1.85. The number of rotatable bonds is 8. The van der Waals surface area contributed by atoms with Gasteiger partial charge in [0.2, 0.25) is 0 Å². The van der Waals surface area contributed by atoms with Crippen molar-refractivity contribution in [2.75, 3.05) is 37.0 Å². The highest BCUT2D eigenvalue weighted by atomic mass is 32.2. The third-order valence-corrected chi connectivity index (χ3v) is 3.88. The fourth-order valence-corrected chi connectivity index (χ4v) is 2.45. The summed E-state index contributed by atoms with van der Waals surface area (Å²) >= 11 is 0. The van der Waals surface area contributed by atoms with Crippen LogP contribution in [0.15, 0.2) is 18.5 Å². The molecule has 0 aliphatic heterocycles. The Kier molecular flexibility index (Phi) is 6.42. The third kappa shape index (κ3) is 6.34. The van der Waals surface area contributed by atoms with Crippen LogP contribution in [-0.4, -0.2) is 45.5 Å². The number of nitrogens with zero attached hydrogens (tertiary/aromatic N) is 2. The molecule has 1 aromatic heterocycles. The van der Waals surface area contributed by atoms with Crippen molar-refractivity contribution >= 4 is 15.5 Å². The maximum Gasteiger partial charge on any atom is 0.149 e. The molecular formula is C14H25N3O2S. The highest BCUT2D eigenvalue weighted by molar-refractivity contribution is 7.90. The first-order valence-corrected chi connectivity index (χ1v) is 8.88. The average molecular weight is 299 g/mol. The molecule has 0 radical (unpaired) electrons. The molecule has 1 N–H and O–H groups in total. The summed E-state index contributed by atoms with van der Waals surface area (Å²) in [5.74, 6) is 0.753. The van der Waals surface area contributed by atoms with E-state index in [0.717, 1.165) is 24.3 Å². The monoisotopic (exact) mass is 299 g/mol. The van der Waals surface area contributed by atoms with E-state index in [0.29, 0.717) is 12.5 Å². The first-order chi connectivity index (χ1) is 9.29. The Labute approximate surface area is 122 Å². The fraction of sp³-hybridized carbons (Fsp3) is 0.643. The van der Waals surface area contributed by atoms with Crippen LogP contribution in [0.5, 0.6) is 0 Å². The van der Waals surface area contributed by atoms with E-state index in [-0.39, 0.29) is 5.75 Å². The van der Waals surface area contributed by atoms with Gasteiger partial charge in [0.15, 0.2) is 0 Å². The van der Waals surface area contributed by atoms with E-state index in [1.54, 1.807) is 6.20 Å². The lowest BCUT2D eigenvalue weighted by Gasteiger charge is -2.22. The lowest BCUT2D eigenvalue weighted by molar-refractivity contribution is 0.551. The van der Waals surface area contributed by atoms with E-state index in [4.69, 9.17) is 0 Å². The van der Waals surface area contributed by atoms with Crippen molar-refractivity contribution in [3.8, 4) is 0 Å². The molecular weight excluding hydrogens is 274 g/mol. The number of aromatic nitrogens is 1. The Balaban J connectivity index is 2.68. The van der Waals surface area contributed by atoms with Gasteiger partial charge in [-0.1, -0.05) is 13.8 Å². The van der Waals surface area contributed by atoms with Crippen molar-refractivity contribution in [3.63, 3.8) is 0 Å². The number of sulfone groups is 1. The van der Waals surface area contributed by atoms with Gasteiger partial charge in [0, 0.05) is 50.0 Å². The van der Waals surface area contributed by atoms with Crippen molar-refractivity contribution in [1.82, 2.24) is 10.3 Å². The summed E-state index contributed by atoms with van der Waals surface area (Å²) in [6.07, 6.45) is 4.83. The first-order valence-electron chi connectivity index (χ1n) is 6.82. The third-order valence-electron chi connectivity index (χ3n) is 2.95. The van der Waals surface area contributed by atoms with Crippen molar-refractivity contribution in [2.24, 2.45) is 5.92 Å². The number of anilines is 1. The van der Waals surface area contributed by atoms with E-state index >= 15 is 0 Å². The molecule has 0 aliphatic rings. The van der Waals surface area contributed by atoms with Gasteiger partial charge >= 0.3 is 0 Å². The molecule has 5 nitrogen and oxygen atoms in total. The molecule has 0 fully saturated rings. The second-order valence-corrected chi connectivity index (χ2v) is 7.84. The summed E-state index contributed by atoms with van der Waals surface area (Å²) in [6.45, 7) is 6.50. The van der Waals surface area contributed by atoms with Crippen LogP contribution in [0.2, 0.25) is 0 Å². The Morgan fingerprint density at radius 1 is 1.40 bits per heavy atom. The van der Waals surface area contributed by atoms with Crippen molar-refractivity contribution in [2.45, 2.75) is 20.4 Å². The molecule has 114 valence electrons. The summed E-state index contributed by atoms with van der Waals surface area (Å²) in [6, 6.07) is 1.93. The zero-order chi connectivity index (χ0) is 15.2. The molecule has 0 saturated heterocycles. The highest BCUT2D eigenvalue weighted by Crippen LogP contribution is 2.17. The SMILES string of the molecule is CC(C)CNCc1cnccc1N(C)CCS(C)(=O)=O. The lowest BCUT2D eigenvalue weighted by Crippen LogP contribution is -2.27. The Morgan fingerprint density at radius 3 is 2.70 bits per heavy atom. The second-order valence-electron chi connectivity index (χ2n) is 5.58. The van der Waals surface area contributed by atoms with Crippen LogP contribution in [0.25, 0.3) is 0 Å². The van der Waals surface area contributed by atoms with E-state index in [1.807, 2.05) is 24.2 Å². The zero-order valence-electron chi connectivity index (χ0n) is 12.8. The van der Waals surface area contributed by atoms with Gasteiger partial charge in [0.05, 0.1) is 5.75 Å². The molecule has 1 heterocycles. The predicted molar refractivity (Wildman–Crippen MR) is 83.8 cm³/mol. The molecule has 0 aliphatic carbocycles. The number of hydrogen-bond donors (Lipinski definition) is 1. The van der Waals surface area contributed by atoms with Crippen LogP contribution in [0.3, 0.4) is 0 Å². The van der Waals surface area contributed by atoms with Gasteiger partial charge in [0.1, 0.15) is 9.84 Å². The minimum atomic E-state index is -2.94. The van der Waals surface area contributed by atoms with Crippen molar-refractivity contribution in [1.29, 1.82) is 0 Å². The summed E-state index contributed by atoms with van der Waals surface area (Å²) < 4.78 is 22.5. The van der Waals surface area contributed by atoms with Gasteiger partial charge in [-0.25, -0.2) is 8.42 Å². The van der Waals surface area contributed by atoms with Crippen LogP contribution in [0, 0.1) is 5.92 Å². The molecule has 0 bridgehead atoms. The predicted octanol–water partition coefficient (Wildman–Crippen LogP) is 1.31. The van der Waals surface area contributed by atoms with Gasteiger partial charge in [-0.2, -0.15) is 0 Å². The van der Waals surface area contributed by atoms with Gasteiger partial charge in [-0.05, 0) is 18.5 Å². The lowest BCUT2D eigenvalue weighted by atomic mass is 10.2. The first kappa shape index (κ1) is 16.9. The maximum atomic E-state index is 11.2. The summed E-state index contributed by atoms with van der Waals surface area (Å²) in [7, 11) is -1.03. The summed E-state index contributed by atoms with van der Waals surface area (Å²) in [5.41, 5.74) is 2.11. The van der Waals surface area contributed by atoms with Crippen molar-refractivity contribution < 1.29 is 8.42 Å². The number of hydrogen-bond acceptors (Lipinski definition) is 5. The smallest absolute Gasteiger partial charge is 0.149 e. The average Bonchev–Trinajstić information content (AvgIpc) is 2.35. The van der Waals surface area contributed by atoms with Gasteiger partial charge in [-0.3, -0.25) is 4.98 Å². The quantitative estimate of drug-likeness (QED) is 0.784. The molecule has 20 heavy (non-hydrogen) atoms. The normalized spacial score (nSPS) is 11.8. The number of nitrogens with one attached hydrogen (secondary N) is 1. The van der Waals surface area contributed by atoms with Crippen LogP contribution >= 0.6 is 0 Å². The molecule has 0 saturated carbocycles. The minimum absolute atomic E-state index is 0.157. The standard InChI is InChI=1S/C14H25N3O2S/c1-12(2)9-16-11-13-10-15-6-5-14(13)17(3)7-8-20(4,18)19/h5-6,10,12,16H,7-9,11H2,1-4H3. The summed E-state index contributed by atoms with van der Waals surface area (Å²) in [5, 5.41) is 3.38. The zero-order valence-corrected chi connectivity index (χ0v) is 13.6. The number of pyridine rings is 1. The molecule has 1 aromatic rings. The van der Waals surface area contributed by atoms with Crippen LogP contribution < -0.4 is 10.2 Å². The van der Waals surface area contributed by atoms with Crippen LogP contribution in [-0.2, 0) is 16.4 Å². The Hall–Kier alpha value is -1.14. The Morgan fingerprint density at radius 2 is 2.10 bits per heavy atom. The van der Waals surface area contributed by atoms with Gasteiger partial charge < -0.3 is 10.2 Å². The second kappa shape index (κ2) is 7.59. The van der Waals surface area contributed by atoms with Crippen LogP contribution in [0.1, 0.15) is 19.4 Å². The van der Waals surface area contributed by atoms with E-state index in [1.165, 1.54) is 6.26 Å². The van der Waals surface area contributed by atoms with Gasteiger partial charge in [0.25, 0.3) is 0 Å².